The molecule has 1 atom stereocenters. The molecule has 1 saturated heterocycles. The van der Waals surface area contributed by atoms with E-state index < -0.39 is 6.10 Å². The van der Waals surface area contributed by atoms with Gasteiger partial charge in [-0.15, -0.1) is 0 Å². The average molecular weight is 435 g/mol. The van der Waals surface area contributed by atoms with Crippen LogP contribution < -0.4 is 9.47 Å². The van der Waals surface area contributed by atoms with Crippen LogP contribution in [-0.4, -0.2) is 53.4 Å². The van der Waals surface area contributed by atoms with Gasteiger partial charge in [-0.3, -0.25) is 0 Å². The molecule has 1 aliphatic rings. The van der Waals surface area contributed by atoms with Crippen LogP contribution in [0.3, 0.4) is 0 Å². The number of β-amino-alcohol motifs (C(OH)–C–C–N with tert-alkyl or cyclic N) is 1. The predicted octanol–water partition coefficient (Wildman–Crippen LogP) is 4.76. The Bertz CT molecular complexity index is 954. The van der Waals surface area contributed by atoms with Gasteiger partial charge in [-0.25, -0.2) is 0 Å². The van der Waals surface area contributed by atoms with Crippen LogP contribution in [0.5, 0.6) is 11.5 Å². The van der Waals surface area contributed by atoms with Gasteiger partial charge in [-0.05, 0) is 37.1 Å². The largest absolute Gasteiger partial charge is 0.490 e. The summed E-state index contributed by atoms with van der Waals surface area (Å²) in [5.74, 6) is 1.50. The first kappa shape index (κ1) is 20.4. The van der Waals surface area contributed by atoms with Crippen molar-refractivity contribution in [2.45, 2.75) is 25.0 Å². The summed E-state index contributed by atoms with van der Waals surface area (Å²) in [6, 6.07) is 13.2. The summed E-state index contributed by atoms with van der Waals surface area (Å²) in [5.41, 5.74) is 0.958. The first-order chi connectivity index (χ1) is 14.1. The summed E-state index contributed by atoms with van der Waals surface area (Å²) in [5, 5.41) is 12.5. The molecule has 2 aromatic carbocycles. The summed E-state index contributed by atoms with van der Waals surface area (Å²) >= 11 is 12.0. The molecule has 1 aliphatic heterocycles. The van der Waals surface area contributed by atoms with Crippen molar-refractivity contribution < 1.29 is 14.6 Å². The summed E-state index contributed by atoms with van der Waals surface area (Å²) in [4.78, 5) is 5.43. The number of piperidine rings is 1. The second-order valence-corrected chi connectivity index (χ2v) is 8.17. The predicted molar refractivity (Wildman–Crippen MR) is 116 cm³/mol. The quantitative estimate of drug-likeness (QED) is 0.562. The molecule has 5 nitrogen and oxygen atoms in total. The van der Waals surface area contributed by atoms with Crippen LogP contribution in [0, 0.1) is 0 Å². The van der Waals surface area contributed by atoms with E-state index in [-0.39, 0.29) is 12.7 Å². The number of benzene rings is 2. The van der Waals surface area contributed by atoms with E-state index >= 15 is 0 Å². The van der Waals surface area contributed by atoms with Crippen LogP contribution >= 0.6 is 23.2 Å². The van der Waals surface area contributed by atoms with Crippen molar-refractivity contribution in [2.75, 3.05) is 26.2 Å². The molecule has 0 amide bonds. The third kappa shape index (κ3) is 5.17. The molecule has 1 aromatic heterocycles. The maximum Gasteiger partial charge on any atom is 0.143 e. The van der Waals surface area contributed by atoms with Gasteiger partial charge in [0.25, 0.3) is 0 Å². The minimum absolute atomic E-state index is 0.141. The standard InChI is InChI=1S/C22H24Cl2N2O3/c23-19-5-4-18(12-20(19)24)29-17-7-10-26(11-8-17)13-16(27)14-28-21-3-1-2-15-6-9-25-22(15)21/h1-6,9,12,16-17,25,27H,7-8,10-11,13-14H2. The lowest BCUT2D eigenvalue weighted by Gasteiger charge is -2.33. The van der Waals surface area contributed by atoms with Crippen LogP contribution in [0.2, 0.25) is 10.0 Å². The van der Waals surface area contributed by atoms with E-state index in [1.807, 2.05) is 36.5 Å². The first-order valence-corrected chi connectivity index (χ1v) is 10.5. The van der Waals surface area contributed by atoms with Crippen LogP contribution in [0.25, 0.3) is 10.9 Å². The molecule has 1 fully saturated rings. The number of hydrogen-bond acceptors (Lipinski definition) is 4. The molecule has 0 radical (unpaired) electrons. The lowest BCUT2D eigenvalue weighted by molar-refractivity contribution is 0.0404. The molecule has 0 saturated carbocycles. The van der Waals surface area contributed by atoms with Crippen LogP contribution in [0.15, 0.2) is 48.7 Å². The molecule has 0 aliphatic carbocycles. The number of nitrogens with one attached hydrogen (secondary N) is 1. The Hall–Kier alpha value is -1.92. The fourth-order valence-electron chi connectivity index (χ4n) is 3.67. The van der Waals surface area contributed by atoms with Crippen molar-refractivity contribution in [1.29, 1.82) is 0 Å². The van der Waals surface area contributed by atoms with Gasteiger partial charge in [-0.1, -0.05) is 35.3 Å². The van der Waals surface area contributed by atoms with Gasteiger partial charge in [0, 0.05) is 37.3 Å². The monoisotopic (exact) mass is 434 g/mol. The van der Waals surface area contributed by atoms with Crippen molar-refractivity contribution >= 4 is 34.1 Å². The molecule has 29 heavy (non-hydrogen) atoms. The van der Waals surface area contributed by atoms with E-state index in [4.69, 9.17) is 32.7 Å². The fourth-order valence-corrected chi connectivity index (χ4v) is 3.95. The average Bonchev–Trinajstić information content (AvgIpc) is 3.20. The van der Waals surface area contributed by atoms with E-state index in [9.17, 15) is 5.11 Å². The summed E-state index contributed by atoms with van der Waals surface area (Å²) in [7, 11) is 0. The van der Waals surface area contributed by atoms with Crippen molar-refractivity contribution in [3.63, 3.8) is 0 Å². The highest BCUT2D eigenvalue weighted by atomic mass is 35.5. The minimum Gasteiger partial charge on any atom is -0.490 e. The molecule has 2 N–H and O–H groups in total. The molecule has 4 rings (SSSR count). The molecular weight excluding hydrogens is 411 g/mol. The number of halogens is 2. The molecule has 3 aromatic rings. The Labute approximate surface area is 180 Å². The highest BCUT2D eigenvalue weighted by molar-refractivity contribution is 6.42. The summed E-state index contributed by atoms with van der Waals surface area (Å²) < 4.78 is 11.9. The number of hydrogen-bond donors (Lipinski definition) is 2. The zero-order valence-electron chi connectivity index (χ0n) is 16.0. The van der Waals surface area contributed by atoms with Gasteiger partial charge in [0.15, 0.2) is 0 Å². The van der Waals surface area contributed by atoms with E-state index in [0.29, 0.717) is 16.6 Å². The smallest absolute Gasteiger partial charge is 0.143 e. The summed E-state index contributed by atoms with van der Waals surface area (Å²) in [6.45, 7) is 2.59. The Morgan fingerprint density at radius 2 is 1.93 bits per heavy atom. The van der Waals surface area contributed by atoms with Crippen molar-refractivity contribution in [3.05, 3.63) is 58.7 Å². The zero-order valence-corrected chi connectivity index (χ0v) is 17.5. The van der Waals surface area contributed by atoms with Gasteiger partial charge >= 0.3 is 0 Å². The topological polar surface area (TPSA) is 57.7 Å². The normalized spacial score (nSPS) is 16.8. The third-order valence-electron chi connectivity index (χ3n) is 5.18. The maximum atomic E-state index is 10.4. The van der Waals surface area contributed by atoms with E-state index in [0.717, 1.165) is 48.3 Å². The second-order valence-electron chi connectivity index (χ2n) is 7.36. The molecular formula is C22H24Cl2N2O3. The van der Waals surface area contributed by atoms with Crippen molar-refractivity contribution in [2.24, 2.45) is 0 Å². The Morgan fingerprint density at radius 1 is 1.10 bits per heavy atom. The number of aliphatic hydroxyl groups is 1. The Kier molecular flexibility index (Phi) is 6.50. The molecule has 1 unspecified atom stereocenters. The van der Waals surface area contributed by atoms with E-state index in [1.54, 1.807) is 12.1 Å². The van der Waals surface area contributed by atoms with Crippen LogP contribution in [0.4, 0.5) is 0 Å². The van der Waals surface area contributed by atoms with Crippen LogP contribution in [-0.2, 0) is 0 Å². The van der Waals surface area contributed by atoms with Gasteiger partial charge in [0.05, 0.1) is 15.6 Å². The molecule has 0 spiro atoms. The number of H-pyrrole nitrogens is 1. The molecule has 154 valence electrons. The molecule has 0 bridgehead atoms. The number of fused-ring (bicyclic) bond motifs is 1. The van der Waals surface area contributed by atoms with Crippen molar-refractivity contribution in [3.8, 4) is 11.5 Å². The lowest BCUT2D eigenvalue weighted by atomic mass is 10.1. The number of aromatic nitrogens is 1. The SMILES string of the molecule is OC(COc1cccc2cc[nH]c12)CN1CCC(Oc2ccc(Cl)c(Cl)c2)CC1. The maximum absolute atomic E-state index is 10.4. The van der Waals surface area contributed by atoms with Crippen molar-refractivity contribution in [1.82, 2.24) is 9.88 Å². The van der Waals surface area contributed by atoms with E-state index in [1.165, 1.54) is 0 Å². The summed E-state index contributed by atoms with van der Waals surface area (Å²) in [6.07, 6.45) is 3.28. The second kappa shape index (κ2) is 9.26. The Balaban J connectivity index is 1.22. The first-order valence-electron chi connectivity index (χ1n) is 9.79. The van der Waals surface area contributed by atoms with Gasteiger partial charge in [0.2, 0.25) is 0 Å². The number of aromatic amines is 1. The number of rotatable bonds is 7. The van der Waals surface area contributed by atoms with Gasteiger partial charge < -0.3 is 24.5 Å². The lowest BCUT2D eigenvalue weighted by Crippen LogP contribution is -2.43. The number of likely N-dealkylation sites (tertiary alicyclic amines) is 1. The third-order valence-corrected chi connectivity index (χ3v) is 5.92. The number of ether oxygens (including phenoxy) is 2. The van der Waals surface area contributed by atoms with E-state index in [2.05, 4.69) is 9.88 Å². The van der Waals surface area contributed by atoms with Gasteiger partial charge in [0.1, 0.15) is 30.3 Å². The molecule has 7 heteroatoms. The Morgan fingerprint density at radius 3 is 2.72 bits per heavy atom. The zero-order chi connectivity index (χ0) is 20.2. The number of aliphatic hydroxyl groups excluding tert-OH is 1. The van der Waals surface area contributed by atoms with Crippen LogP contribution in [0.1, 0.15) is 12.8 Å². The highest BCUT2D eigenvalue weighted by Crippen LogP contribution is 2.28. The number of nitrogens with zero attached hydrogens (tertiary/aromatic N) is 1. The minimum atomic E-state index is -0.548. The highest BCUT2D eigenvalue weighted by Gasteiger charge is 2.22. The fraction of sp³-hybridized carbons (Fsp3) is 0.364. The molecule has 2 heterocycles. The number of para-hydroxylation sites is 1. The van der Waals surface area contributed by atoms with Gasteiger partial charge in [-0.2, -0.15) is 0 Å².